The fourth-order valence-corrected chi connectivity index (χ4v) is 6.74. The summed E-state index contributed by atoms with van der Waals surface area (Å²) in [4.78, 5) is 42.7. The number of unbranched alkanes of at least 4 members (excludes halogenated alkanes) is 2. The fourth-order valence-electron chi connectivity index (χ4n) is 6.23. The summed E-state index contributed by atoms with van der Waals surface area (Å²) in [5.41, 5.74) is 5.25. The lowest BCUT2D eigenvalue weighted by molar-refractivity contribution is -0.197. The van der Waals surface area contributed by atoms with Gasteiger partial charge in [-0.1, -0.05) is 101 Å². The molecular weight excluding hydrogens is 641 g/mol. The quantitative estimate of drug-likeness (QED) is 0.0934. The molecule has 1 N–H and O–H groups in total. The molecule has 0 atom stereocenters. The second kappa shape index (κ2) is 15.3. The van der Waals surface area contributed by atoms with Crippen LogP contribution in [0.5, 0.6) is 0 Å². The van der Waals surface area contributed by atoms with Crippen LogP contribution in [0.1, 0.15) is 82.9 Å². The summed E-state index contributed by atoms with van der Waals surface area (Å²) in [5.74, 6) is -1.52. The largest absolute Gasteiger partial charge is 0.344 e. The molecule has 1 fully saturated rings. The van der Waals surface area contributed by atoms with Crippen LogP contribution in [-0.4, -0.2) is 42.4 Å². The highest BCUT2D eigenvalue weighted by molar-refractivity contribution is 7.85. The van der Waals surface area contributed by atoms with Gasteiger partial charge >= 0.3 is 5.97 Å². The molecule has 260 valence electrons. The van der Waals surface area contributed by atoms with Crippen LogP contribution in [0.15, 0.2) is 108 Å². The Morgan fingerprint density at radius 2 is 1.63 bits per heavy atom. The Morgan fingerprint density at radius 3 is 2.33 bits per heavy atom. The Hall–Kier alpha value is -4.54. The minimum atomic E-state index is -4.32. The summed E-state index contributed by atoms with van der Waals surface area (Å²) in [7, 11) is -4.32. The summed E-state index contributed by atoms with van der Waals surface area (Å²) >= 11 is 0. The Bertz CT molecular complexity index is 1830. The lowest BCUT2D eigenvalue weighted by Crippen LogP contribution is -2.32. The van der Waals surface area contributed by atoms with E-state index >= 15 is 0 Å². The fraction of sp³-hybridized carbons (Fsp3) is 0.359. The Kier molecular flexibility index (Phi) is 11.7. The Balaban J connectivity index is 1.36. The van der Waals surface area contributed by atoms with E-state index in [4.69, 9.17) is 4.84 Å². The van der Waals surface area contributed by atoms with Gasteiger partial charge in [0, 0.05) is 48.0 Å². The molecule has 0 unspecified atom stereocenters. The predicted molar refractivity (Wildman–Crippen MR) is 191 cm³/mol. The van der Waals surface area contributed by atoms with Crippen LogP contribution in [0.2, 0.25) is 0 Å². The zero-order valence-corrected chi connectivity index (χ0v) is 29.8. The van der Waals surface area contributed by atoms with E-state index in [0.29, 0.717) is 11.5 Å². The molecule has 4 rings (SSSR count). The highest BCUT2D eigenvalue weighted by Gasteiger charge is 2.39. The van der Waals surface area contributed by atoms with Gasteiger partial charge in [0.05, 0.1) is 4.90 Å². The van der Waals surface area contributed by atoms with E-state index in [9.17, 15) is 27.4 Å². The lowest BCUT2D eigenvalue weighted by atomic mass is 9.76. The van der Waals surface area contributed by atoms with Gasteiger partial charge in [-0.25, -0.2) is 4.79 Å². The molecule has 2 aromatic rings. The summed E-state index contributed by atoms with van der Waals surface area (Å²) in [6.45, 7) is 15.2. The predicted octanol–water partition coefficient (Wildman–Crippen LogP) is 7.59. The van der Waals surface area contributed by atoms with Crippen molar-refractivity contribution in [2.24, 2.45) is 0 Å². The highest BCUT2D eigenvalue weighted by atomic mass is 32.2. The van der Waals surface area contributed by atoms with Crippen molar-refractivity contribution in [2.75, 3.05) is 11.4 Å². The molecule has 2 aliphatic heterocycles. The van der Waals surface area contributed by atoms with Crippen LogP contribution >= 0.6 is 0 Å². The zero-order chi connectivity index (χ0) is 36.0. The van der Waals surface area contributed by atoms with E-state index in [1.165, 1.54) is 17.7 Å². The number of carbonyl (C=O) groups is 3. The number of fused-ring (bicyclic) bond motifs is 1. The van der Waals surface area contributed by atoms with Gasteiger partial charge in [0.1, 0.15) is 0 Å². The van der Waals surface area contributed by atoms with E-state index in [-0.39, 0.29) is 29.6 Å². The first-order chi connectivity index (χ1) is 23.0. The topological polar surface area (TPSA) is 121 Å². The van der Waals surface area contributed by atoms with Crippen LogP contribution < -0.4 is 4.90 Å². The molecule has 0 spiro atoms. The van der Waals surface area contributed by atoms with Crippen molar-refractivity contribution < 1.29 is 32.2 Å². The van der Waals surface area contributed by atoms with Gasteiger partial charge in [-0.2, -0.15) is 8.42 Å². The molecule has 2 amide bonds. The molecule has 2 aliphatic rings. The molecule has 10 heteroatoms. The second-order valence-electron chi connectivity index (χ2n) is 13.4. The van der Waals surface area contributed by atoms with E-state index in [1.54, 1.807) is 6.07 Å². The van der Waals surface area contributed by atoms with Crippen LogP contribution in [0.4, 0.5) is 5.69 Å². The zero-order valence-electron chi connectivity index (χ0n) is 28.9. The van der Waals surface area contributed by atoms with E-state index in [0.717, 1.165) is 47.5 Å². The standard InChI is InChI=1S/C39H46N2O7S/c1-28-22-23-30(49(45,46)47)27-32(28)38(3,4)29(2)17-11-8-7-9-12-20-34-39(5,6)31-18-14-15-19-33(31)40(34)26-16-10-13-21-37(44)48-41-35(42)24-25-36(41)43/h7-9,11-12,14-15,17-20,22-23,27H,2,10,13,16,21,24-26H2,1,3-6H3,(H,45,46,47)/b8-7+,12-9+,17-11+,34-20+. The van der Waals surface area contributed by atoms with Crippen LogP contribution in [0, 0.1) is 6.92 Å². The van der Waals surface area contributed by atoms with Crippen LogP contribution in [0.25, 0.3) is 0 Å². The van der Waals surface area contributed by atoms with Gasteiger partial charge in [0.25, 0.3) is 21.9 Å². The van der Waals surface area contributed by atoms with Gasteiger partial charge in [0.2, 0.25) is 0 Å². The molecule has 1 saturated heterocycles. The summed E-state index contributed by atoms with van der Waals surface area (Å²) < 4.78 is 32.9. The third kappa shape index (κ3) is 8.74. The SMILES string of the molecule is C=C(/C=C/C=C/C=C/C=C1/N(CCCCCC(=O)ON2C(=O)CCC2=O)c2ccccc2C1(C)C)C(C)(C)c1cc(S(=O)(=O)O)ccc1C. The van der Waals surface area contributed by atoms with Crippen molar-refractivity contribution in [1.29, 1.82) is 0 Å². The molecular formula is C39H46N2O7S. The normalized spacial score (nSPS) is 17.3. The third-order valence-corrected chi connectivity index (χ3v) is 10.1. The first-order valence-electron chi connectivity index (χ1n) is 16.5. The van der Waals surface area contributed by atoms with E-state index < -0.39 is 33.3 Å². The monoisotopic (exact) mass is 686 g/mol. The van der Waals surface area contributed by atoms with Gasteiger partial charge < -0.3 is 9.74 Å². The van der Waals surface area contributed by atoms with Crippen molar-refractivity contribution in [3.05, 3.63) is 120 Å². The maximum atomic E-state index is 12.2. The number of rotatable bonds is 14. The van der Waals surface area contributed by atoms with Crippen LogP contribution in [-0.2, 0) is 40.2 Å². The maximum Gasteiger partial charge on any atom is 0.333 e. The highest BCUT2D eigenvalue weighted by Crippen LogP contribution is 2.47. The minimum Gasteiger partial charge on any atom is -0.344 e. The Labute approximate surface area is 290 Å². The number of allylic oxidation sites excluding steroid dienone is 9. The van der Waals surface area contributed by atoms with Gasteiger partial charge in [-0.15, -0.1) is 5.06 Å². The number of benzene rings is 2. The number of hydrogen-bond donors (Lipinski definition) is 1. The average molecular weight is 687 g/mol. The first kappa shape index (κ1) is 37.3. The molecule has 2 heterocycles. The molecule has 49 heavy (non-hydrogen) atoms. The second-order valence-corrected chi connectivity index (χ2v) is 14.9. The number of nitrogens with zero attached hydrogens (tertiary/aromatic N) is 2. The summed E-state index contributed by atoms with van der Waals surface area (Å²) in [6, 6.07) is 13.0. The number of amides is 2. The third-order valence-electron chi connectivity index (χ3n) is 9.24. The Morgan fingerprint density at radius 1 is 0.980 bits per heavy atom. The van der Waals surface area contributed by atoms with Crippen molar-refractivity contribution in [3.8, 4) is 0 Å². The van der Waals surface area contributed by atoms with Crippen molar-refractivity contribution in [2.45, 2.75) is 88.9 Å². The van der Waals surface area contributed by atoms with Crippen molar-refractivity contribution in [1.82, 2.24) is 5.06 Å². The minimum absolute atomic E-state index is 0.0775. The maximum absolute atomic E-state index is 12.2. The van der Waals surface area contributed by atoms with Crippen molar-refractivity contribution in [3.63, 3.8) is 0 Å². The van der Waals surface area contributed by atoms with Crippen molar-refractivity contribution >= 4 is 33.6 Å². The van der Waals surface area contributed by atoms with Gasteiger partial charge in [-0.3, -0.25) is 14.1 Å². The number of para-hydroxylation sites is 1. The summed E-state index contributed by atoms with van der Waals surface area (Å²) in [5, 5.41) is 0.595. The number of aryl methyl sites for hydroxylation is 1. The molecule has 0 aliphatic carbocycles. The molecule has 9 nitrogen and oxygen atoms in total. The molecule has 0 aromatic heterocycles. The number of hydroxylamine groups is 2. The molecule has 0 saturated carbocycles. The number of carbonyl (C=O) groups excluding carboxylic acids is 3. The van der Waals surface area contributed by atoms with Crippen LogP contribution in [0.3, 0.4) is 0 Å². The lowest BCUT2D eigenvalue weighted by Gasteiger charge is -2.28. The van der Waals surface area contributed by atoms with Gasteiger partial charge in [0.15, 0.2) is 0 Å². The van der Waals surface area contributed by atoms with Gasteiger partial charge in [-0.05, 0) is 66.3 Å². The smallest absolute Gasteiger partial charge is 0.333 e. The summed E-state index contributed by atoms with van der Waals surface area (Å²) in [6.07, 6.45) is 16.2. The number of anilines is 1. The number of hydrogen-bond acceptors (Lipinski definition) is 7. The number of imide groups is 1. The molecule has 0 bridgehead atoms. The molecule has 0 radical (unpaired) electrons. The average Bonchev–Trinajstić information content (AvgIpc) is 3.46. The first-order valence-corrected chi connectivity index (χ1v) is 17.9. The molecule has 2 aromatic carbocycles. The van der Waals surface area contributed by atoms with E-state index in [1.807, 2.05) is 63.3 Å². The van der Waals surface area contributed by atoms with E-state index in [2.05, 4.69) is 49.6 Å².